The molecule has 2 rings (SSSR count). The Morgan fingerprint density at radius 1 is 1.31 bits per heavy atom. The molecule has 6 heteroatoms. The van der Waals surface area contributed by atoms with Crippen LogP contribution in [0.5, 0.6) is 0 Å². The number of hydrogen-bond donors (Lipinski definition) is 2. The second kappa shape index (κ2) is 3.80. The quantitative estimate of drug-likeness (QED) is 0.771. The van der Waals surface area contributed by atoms with Crippen molar-refractivity contribution < 1.29 is 13.2 Å². The van der Waals surface area contributed by atoms with Gasteiger partial charge in [0, 0.05) is 6.20 Å². The van der Waals surface area contributed by atoms with Gasteiger partial charge in [-0.3, -0.25) is 5.01 Å². The van der Waals surface area contributed by atoms with Crippen LogP contribution in [-0.4, -0.2) is 6.17 Å². The van der Waals surface area contributed by atoms with Crippen molar-refractivity contribution in [3.63, 3.8) is 0 Å². The van der Waals surface area contributed by atoms with E-state index in [1.165, 1.54) is 11.1 Å². The average Bonchev–Trinajstić information content (AvgIpc) is 2.64. The smallest absolute Gasteiger partial charge is 0.311 e. The number of nitrogens with two attached hydrogens (primary N) is 1. The predicted molar refractivity (Wildman–Crippen MR) is 54.2 cm³/mol. The fraction of sp³-hybridized carbons (Fsp3) is 0.200. The summed E-state index contributed by atoms with van der Waals surface area (Å²) in [5.41, 5.74) is 8.03. The van der Waals surface area contributed by atoms with Gasteiger partial charge in [-0.1, -0.05) is 6.07 Å². The van der Waals surface area contributed by atoms with Crippen LogP contribution in [0.4, 0.5) is 18.9 Å². The van der Waals surface area contributed by atoms with Crippen LogP contribution >= 0.6 is 0 Å². The lowest BCUT2D eigenvalue weighted by Crippen LogP contribution is -2.40. The van der Waals surface area contributed by atoms with Gasteiger partial charge >= 0.3 is 6.18 Å². The Labute approximate surface area is 90.3 Å². The molecule has 0 radical (unpaired) electrons. The Bertz CT molecular complexity index is 414. The number of benzene rings is 1. The summed E-state index contributed by atoms with van der Waals surface area (Å²) in [5.74, 6) is 0. The molecule has 1 aliphatic heterocycles. The minimum Gasteiger partial charge on any atom is -0.311 e. The molecule has 0 fully saturated rings. The fourth-order valence-corrected chi connectivity index (χ4v) is 1.42. The van der Waals surface area contributed by atoms with Crippen molar-refractivity contribution in [1.29, 1.82) is 0 Å². The number of halogens is 3. The highest BCUT2D eigenvalue weighted by atomic mass is 19.4. The summed E-state index contributed by atoms with van der Waals surface area (Å²) < 4.78 is 37.3. The zero-order valence-corrected chi connectivity index (χ0v) is 8.20. The molecule has 1 heterocycles. The third-order valence-corrected chi connectivity index (χ3v) is 2.18. The summed E-state index contributed by atoms with van der Waals surface area (Å²) in [6.45, 7) is 0. The summed E-state index contributed by atoms with van der Waals surface area (Å²) in [7, 11) is 0. The molecule has 3 nitrogen and oxygen atoms in total. The molecule has 0 aliphatic carbocycles. The van der Waals surface area contributed by atoms with Gasteiger partial charge in [-0.25, -0.2) is 5.43 Å². The highest BCUT2D eigenvalue weighted by Crippen LogP contribution is 2.31. The SMILES string of the molecule is NC1C=CN(c2cccc(C(F)(F)F)c2)N1. The highest BCUT2D eigenvalue weighted by molar-refractivity contribution is 5.51. The molecule has 3 N–H and O–H groups in total. The van der Waals surface area contributed by atoms with Crippen LogP contribution in [0.3, 0.4) is 0 Å². The Morgan fingerprint density at radius 2 is 2.06 bits per heavy atom. The highest BCUT2D eigenvalue weighted by Gasteiger charge is 2.30. The lowest BCUT2D eigenvalue weighted by Gasteiger charge is -2.19. The third-order valence-electron chi connectivity index (χ3n) is 2.18. The van der Waals surface area contributed by atoms with Gasteiger partial charge in [0.05, 0.1) is 17.4 Å². The number of nitrogens with one attached hydrogen (secondary N) is 1. The summed E-state index contributed by atoms with van der Waals surface area (Å²) in [5, 5.41) is 1.46. The van der Waals surface area contributed by atoms with E-state index in [2.05, 4.69) is 5.43 Å². The van der Waals surface area contributed by atoms with Crippen LogP contribution in [0.15, 0.2) is 36.5 Å². The van der Waals surface area contributed by atoms with Gasteiger partial charge < -0.3 is 5.73 Å². The van der Waals surface area contributed by atoms with E-state index in [1.807, 2.05) is 0 Å². The first-order chi connectivity index (χ1) is 7.47. The molecule has 0 bridgehead atoms. The number of alkyl halides is 3. The van der Waals surface area contributed by atoms with E-state index in [4.69, 9.17) is 5.73 Å². The lowest BCUT2D eigenvalue weighted by molar-refractivity contribution is -0.137. The van der Waals surface area contributed by atoms with Crippen LogP contribution in [0.25, 0.3) is 0 Å². The zero-order valence-electron chi connectivity index (χ0n) is 8.20. The molecule has 0 saturated heterocycles. The number of rotatable bonds is 1. The average molecular weight is 229 g/mol. The number of hydrogen-bond acceptors (Lipinski definition) is 3. The molecule has 1 aromatic rings. The van der Waals surface area contributed by atoms with Crippen molar-refractivity contribution in [3.05, 3.63) is 42.1 Å². The van der Waals surface area contributed by atoms with Gasteiger partial charge in [0.25, 0.3) is 0 Å². The second-order valence-electron chi connectivity index (χ2n) is 3.41. The van der Waals surface area contributed by atoms with Crippen LogP contribution in [0, 0.1) is 0 Å². The van der Waals surface area contributed by atoms with Crippen LogP contribution in [0.2, 0.25) is 0 Å². The maximum absolute atomic E-state index is 12.4. The fourth-order valence-electron chi connectivity index (χ4n) is 1.42. The Balaban J connectivity index is 2.27. The molecule has 1 aromatic carbocycles. The maximum atomic E-state index is 12.4. The summed E-state index contributed by atoms with van der Waals surface area (Å²) >= 11 is 0. The zero-order chi connectivity index (χ0) is 11.8. The molecular weight excluding hydrogens is 219 g/mol. The second-order valence-corrected chi connectivity index (χ2v) is 3.41. The summed E-state index contributed by atoms with van der Waals surface area (Å²) in [6, 6.07) is 5.03. The molecule has 1 unspecified atom stereocenters. The van der Waals surface area contributed by atoms with Gasteiger partial charge in [-0.2, -0.15) is 13.2 Å². The van der Waals surface area contributed by atoms with E-state index in [0.29, 0.717) is 5.69 Å². The number of nitrogens with zero attached hydrogens (tertiary/aromatic N) is 1. The predicted octanol–water partition coefficient (Wildman–Crippen LogP) is 1.83. The van der Waals surface area contributed by atoms with Crippen molar-refractivity contribution in [2.45, 2.75) is 12.3 Å². The van der Waals surface area contributed by atoms with E-state index in [0.717, 1.165) is 12.1 Å². The Hall–Kier alpha value is -1.53. The topological polar surface area (TPSA) is 41.3 Å². The van der Waals surface area contributed by atoms with Crippen molar-refractivity contribution >= 4 is 5.69 Å². The molecule has 0 amide bonds. The summed E-state index contributed by atoms with van der Waals surface area (Å²) in [4.78, 5) is 0. The molecule has 0 aromatic heterocycles. The van der Waals surface area contributed by atoms with Crippen molar-refractivity contribution in [3.8, 4) is 0 Å². The van der Waals surface area contributed by atoms with Crippen molar-refractivity contribution in [1.82, 2.24) is 5.43 Å². The standard InChI is InChI=1S/C10H10F3N3/c11-10(12,13)7-2-1-3-8(6-7)16-5-4-9(14)15-16/h1-6,9,15H,14H2. The Kier molecular flexibility index (Phi) is 2.61. The van der Waals surface area contributed by atoms with Gasteiger partial charge in [-0.15, -0.1) is 0 Å². The normalized spacial score (nSPS) is 20.5. The minimum absolute atomic E-state index is 0.366. The third kappa shape index (κ3) is 2.17. The molecule has 86 valence electrons. The van der Waals surface area contributed by atoms with Gasteiger partial charge in [-0.05, 0) is 24.3 Å². The van der Waals surface area contributed by atoms with E-state index in [-0.39, 0.29) is 6.17 Å². The van der Waals surface area contributed by atoms with Crippen molar-refractivity contribution in [2.75, 3.05) is 5.01 Å². The minimum atomic E-state index is -4.33. The van der Waals surface area contributed by atoms with Crippen molar-refractivity contribution in [2.24, 2.45) is 5.73 Å². The van der Waals surface area contributed by atoms with E-state index >= 15 is 0 Å². The summed E-state index contributed by atoms with van der Waals surface area (Å²) in [6.07, 6.45) is -1.45. The molecule has 0 spiro atoms. The molecule has 16 heavy (non-hydrogen) atoms. The van der Waals surface area contributed by atoms with E-state index in [9.17, 15) is 13.2 Å². The number of anilines is 1. The molecular formula is C10H10F3N3. The Morgan fingerprint density at radius 3 is 2.62 bits per heavy atom. The number of hydrazine groups is 1. The van der Waals surface area contributed by atoms with Crippen LogP contribution < -0.4 is 16.2 Å². The van der Waals surface area contributed by atoms with E-state index in [1.54, 1.807) is 18.3 Å². The van der Waals surface area contributed by atoms with Gasteiger partial charge in [0.15, 0.2) is 0 Å². The van der Waals surface area contributed by atoms with E-state index < -0.39 is 11.7 Å². The van der Waals surface area contributed by atoms with Crippen LogP contribution in [-0.2, 0) is 6.18 Å². The van der Waals surface area contributed by atoms with Gasteiger partial charge in [0.2, 0.25) is 0 Å². The molecule has 1 aliphatic rings. The van der Waals surface area contributed by atoms with Crippen LogP contribution in [0.1, 0.15) is 5.56 Å². The monoisotopic (exact) mass is 229 g/mol. The maximum Gasteiger partial charge on any atom is 0.416 e. The lowest BCUT2D eigenvalue weighted by atomic mass is 10.2. The first-order valence-corrected chi connectivity index (χ1v) is 4.63. The first kappa shape index (κ1) is 11.0. The van der Waals surface area contributed by atoms with Gasteiger partial charge in [0.1, 0.15) is 0 Å². The molecule has 1 atom stereocenters. The molecule has 0 saturated carbocycles. The first-order valence-electron chi connectivity index (χ1n) is 4.63. The largest absolute Gasteiger partial charge is 0.416 e.